The number of hydrogen-bond acceptors (Lipinski definition) is 2. The van der Waals surface area contributed by atoms with Crippen molar-refractivity contribution < 1.29 is 4.74 Å². The highest BCUT2D eigenvalue weighted by Crippen LogP contribution is 2.27. The average Bonchev–Trinajstić information content (AvgIpc) is 2.46. The van der Waals surface area contributed by atoms with Crippen molar-refractivity contribution >= 4 is 0 Å². The lowest BCUT2D eigenvalue weighted by molar-refractivity contribution is 0.414. The monoisotopic (exact) mass is 269 g/mol. The summed E-state index contributed by atoms with van der Waals surface area (Å²) in [5.74, 6) is 0.908. The number of methoxy groups -OCH3 is 1. The Balaban J connectivity index is 2.40. The first-order chi connectivity index (χ1) is 9.65. The van der Waals surface area contributed by atoms with Gasteiger partial charge in [0.1, 0.15) is 5.75 Å². The number of ether oxygens (including phenoxy) is 1. The summed E-state index contributed by atoms with van der Waals surface area (Å²) in [6.07, 6.45) is 0. The molecule has 0 fully saturated rings. The molecule has 0 aromatic heterocycles. The fourth-order valence-electron chi connectivity index (χ4n) is 2.47. The minimum atomic E-state index is 0.228. The van der Waals surface area contributed by atoms with Crippen LogP contribution in [0.2, 0.25) is 0 Å². The van der Waals surface area contributed by atoms with Crippen LogP contribution in [0.25, 0.3) is 0 Å². The predicted octanol–water partition coefficient (Wildman–Crippen LogP) is 4.01. The van der Waals surface area contributed by atoms with Crippen LogP contribution in [0.15, 0.2) is 42.5 Å². The molecule has 0 bridgehead atoms. The van der Waals surface area contributed by atoms with E-state index in [1.54, 1.807) is 7.11 Å². The molecule has 2 aromatic rings. The Kier molecular flexibility index (Phi) is 4.80. The van der Waals surface area contributed by atoms with Crippen LogP contribution in [-0.4, -0.2) is 13.7 Å². The minimum Gasteiger partial charge on any atom is -0.497 e. The van der Waals surface area contributed by atoms with Gasteiger partial charge in [-0.25, -0.2) is 0 Å². The van der Waals surface area contributed by atoms with Crippen LogP contribution in [0.5, 0.6) is 5.75 Å². The van der Waals surface area contributed by atoms with E-state index in [9.17, 15) is 0 Å². The molecule has 2 aromatic carbocycles. The smallest absolute Gasteiger partial charge is 0.119 e. The molecule has 2 rings (SSSR count). The Labute approximate surface area is 121 Å². The number of rotatable bonds is 5. The summed E-state index contributed by atoms with van der Waals surface area (Å²) in [7, 11) is 1.70. The summed E-state index contributed by atoms with van der Waals surface area (Å²) in [5.41, 5.74) is 5.13. The largest absolute Gasteiger partial charge is 0.497 e. The molecule has 0 saturated carbocycles. The molecular weight excluding hydrogens is 246 g/mol. The van der Waals surface area contributed by atoms with Crippen molar-refractivity contribution in [3.05, 3.63) is 64.7 Å². The zero-order valence-corrected chi connectivity index (χ0v) is 12.7. The van der Waals surface area contributed by atoms with Crippen molar-refractivity contribution in [3.63, 3.8) is 0 Å². The van der Waals surface area contributed by atoms with E-state index in [4.69, 9.17) is 4.74 Å². The Morgan fingerprint density at radius 1 is 1.05 bits per heavy atom. The molecule has 0 radical (unpaired) electrons. The summed E-state index contributed by atoms with van der Waals surface area (Å²) < 4.78 is 5.29. The van der Waals surface area contributed by atoms with E-state index >= 15 is 0 Å². The van der Waals surface area contributed by atoms with Crippen molar-refractivity contribution in [2.24, 2.45) is 0 Å². The lowest BCUT2D eigenvalue weighted by Gasteiger charge is -2.21. The van der Waals surface area contributed by atoms with Crippen LogP contribution < -0.4 is 10.1 Å². The molecule has 0 heterocycles. The first kappa shape index (κ1) is 14.6. The Hall–Kier alpha value is -1.80. The maximum atomic E-state index is 5.29. The summed E-state index contributed by atoms with van der Waals surface area (Å²) in [6, 6.07) is 15.2. The SMILES string of the molecule is CCNC(c1ccc(C)cc1)c1ccc(OC)cc1C. The lowest BCUT2D eigenvalue weighted by Crippen LogP contribution is -2.22. The molecule has 20 heavy (non-hydrogen) atoms. The second kappa shape index (κ2) is 6.58. The van der Waals surface area contributed by atoms with E-state index in [0.29, 0.717) is 0 Å². The highest BCUT2D eigenvalue weighted by Gasteiger charge is 2.15. The lowest BCUT2D eigenvalue weighted by atomic mass is 9.94. The Morgan fingerprint density at radius 3 is 2.30 bits per heavy atom. The molecule has 0 amide bonds. The highest BCUT2D eigenvalue weighted by molar-refractivity contribution is 5.41. The van der Waals surface area contributed by atoms with Gasteiger partial charge in [0.15, 0.2) is 0 Å². The van der Waals surface area contributed by atoms with Gasteiger partial charge < -0.3 is 10.1 Å². The summed E-state index contributed by atoms with van der Waals surface area (Å²) in [6.45, 7) is 7.32. The van der Waals surface area contributed by atoms with Crippen LogP contribution in [-0.2, 0) is 0 Å². The van der Waals surface area contributed by atoms with Gasteiger partial charge in [-0.05, 0) is 49.2 Å². The Bertz CT molecular complexity index is 560. The molecule has 1 atom stereocenters. The molecule has 0 saturated heterocycles. The molecule has 0 aliphatic heterocycles. The van der Waals surface area contributed by atoms with Crippen LogP contribution in [0.1, 0.15) is 35.2 Å². The number of hydrogen-bond donors (Lipinski definition) is 1. The fraction of sp³-hybridized carbons (Fsp3) is 0.333. The molecule has 1 N–H and O–H groups in total. The quantitative estimate of drug-likeness (QED) is 0.885. The fourth-order valence-corrected chi connectivity index (χ4v) is 2.47. The third-order valence-corrected chi connectivity index (χ3v) is 3.61. The van der Waals surface area contributed by atoms with Crippen molar-refractivity contribution in [3.8, 4) is 5.75 Å². The third-order valence-electron chi connectivity index (χ3n) is 3.61. The van der Waals surface area contributed by atoms with Crippen molar-refractivity contribution in [2.75, 3.05) is 13.7 Å². The summed E-state index contributed by atoms with van der Waals surface area (Å²) in [5, 5.41) is 3.57. The van der Waals surface area contributed by atoms with Crippen LogP contribution >= 0.6 is 0 Å². The molecule has 0 spiro atoms. The predicted molar refractivity (Wildman–Crippen MR) is 84.4 cm³/mol. The summed E-state index contributed by atoms with van der Waals surface area (Å²) >= 11 is 0. The van der Waals surface area contributed by atoms with E-state index in [1.807, 2.05) is 6.07 Å². The van der Waals surface area contributed by atoms with Crippen molar-refractivity contribution in [2.45, 2.75) is 26.8 Å². The normalized spacial score (nSPS) is 12.2. The van der Waals surface area contributed by atoms with Gasteiger partial charge in [-0.1, -0.05) is 42.8 Å². The topological polar surface area (TPSA) is 21.3 Å². The zero-order valence-electron chi connectivity index (χ0n) is 12.7. The van der Waals surface area contributed by atoms with Gasteiger partial charge in [-0.2, -0.15) is 0 Å². The maximum Gasteiger partial charge on any atom is 0.119 e. The number of benzene rings is 2. The molecule has 0 aliphatic rings. The van der Waals surface area contributed by atoms with Gasteiger partial charge in [0.2, 0.25) is 0 Å². The van der Waals surface area contributed by atoms with E-state index in [-0.39, 0.29) is 6.04 Å². The second-order valence-corrected chi connectivity index (χ2v) is 5.12. The van der Waals surface area contributed by atoms with Gasteiger partial charge in [-0.15, -0.1) is 0 Å². The molecule has 1 unspecified atom stereocenters. The van der Waals surface area contributed by atoms with Gasteiger partial charge >= 0.3 is 0 Å². The van der Waals surface area contributed by atoms with Gasteiger partial charge in [-0.3, -0.25) is 0 Å². The molecule has 0 aliphatic carbocycles. The van der Waals surface area contributed by atoms with E-state index < -0.39 is 0 Å². The van der Waals surface area contributed by atoms with E-state index in [2.05, 4.69) is 62.5 Å². The summed E-state index contributed by atoms with van der Waals surface area (Å²) in [4.78, 5) is 0. The van der Waals surface area contributed by atoms with Gasteiger partial charge in [0.25, 0.3) is 0 Å². The number of nitrogens with one attached hydrogen (secondary N) is 1. The Morgan fingerprint density at radius 2 is 1.75 bits per heavy atom. The maximum absolute atomic E-state index is 5.29. The van der Waals surface area contributed by atoms with Gasteiger partial charge in [0.05, 0.1) is 13.2 Å². The van der Waals surface area contributed by atoms with Crippen LogP contribution in [0.4, 0.5) is 0 Å². The van der Waals surface area contributed by atoms with E-state index in [1.165, 1.54) is 22.3 Å². The highest BCUT2D eigenvalue weighted by atomic mass is 16.5. The standard InChI is InChI=1S/C18H23NO/c1-5-19-18(15-8-6-13(2)7-9-15)17-11-10-16(20-4)12-14(17)3/h6-12,18-19H,5H2,1-4H3. The average molecular weight is 269 g/mol. The first-order valence-corrected chi connectivity index (χ1v) is 7.10. The van der Waals surface area contributed by atoms with Crippen LogP contribution in [0.3, 0.4) is 0 Å². The first-order valence-electron chi connectivity index (χ1n) is 7.10. The molecule has 2 nitrogen and oxygen atoms in total. The second-order valence-electron chi connectivity index (χ2n) is 5.12. The van der Waals surface area contributed by atoms with Crippen LogP contribution in [0, 0.1) is 13.8 Å². The van der Waals surface area contributed by atoms with Crippen molar-refractivity contribution in [1.29, 1.82) is 0 Å². The van der Waals surface area contributed by atoms with Gasteiger partial charge in [0, 0.05) is 0 Å². The molecular formula is C18H23NO. The molecule has 106 valence electrons. The zero-order chi connectivity index (χ0) is 14.5. The molecule has 2 heteroatoms. The number of aryl methyl sites for hydroxylation is 2. The van der Waals surface area contributed by atoms with E-state index in [0.717, 1.165) is 12.3 Å². The minimum absolute atomic E-state index is 0.228. The van der Waals surface area contributed by atoms with Crippen molar-refractivity contribution in [1.82, 2.24) is 5.32 Å². The third kappa shape index (κ3) is 3.20.